The summed E-state index contributed by atoms with van der Waals surface area (Å²) in [6.07, 6.45) is 7.12. The van der Waals surface area contributed by atoms with E-state index in [9.17, 15) is 9.90 Å². The quantitative estimate of drug-likeness (QED) is 0.350. The average Bonchev–Trinajstić information content (AvgIpc) is 3.63. The monoisotopic (exact) mass is 566 g/mol. The van der Waals surface area contributed by atoms with Crippen molar-refractivity contribution in [2.45, 2.75) is 107 Å². The minimum Gasteiger partial charge on any atom is -0.377 e. The van der Waals surface area contributed by atoms with Crippen LogP contribution in [-0.4, -0.2) is 32.3 Å². The highest BCUT2D eigenvalue weighted by Crippen LogP contribution is 2.48. The van der Waals surface area contributed by atoms with Gasteiger partial charge in [0, 0.05) is 16.8 Å². The number of aromatic amines is 2. The van der Waals surface area contributed by atoms with Crippen molar-refractivity contribution >= 4 is 29.4 Å². The zero-order valence-corrected chi connectivity index (χ0v) is 27.2. The predicted octanol–water partition coefficient (Wildman–Crippen LogP) is 7.99. The van der Waals surface area contributed by atoms with Crippen molar-refractivity contribution in [3.63, 3.8) is 0 Å². The Morgan fingerprint density at radius 3 is 1.40 bits per heavy atom. The van der Waals surface area contributed by atoms with E-state index in [0.717, 1.165) is 91.6 Å². The second-order valence-corrected chi connectivity index (χ2v) is 12.9. The van der Waals surface area contributed by atoms with E-state index in [1.165, 1.54) is 0 Å². The molecule has 8 bridgehead atoms. The highest BCUT2D eigenvalue weighted by molar-refractivity contribution is 6.73. The molecule has 2 aromatic rings. The van der Waals surface area contributed by atoms with Gasteiger partial charge in [-0.25, -0.2) is 9.98 Å². The van der Waals surface area contributed by atoms with Crippen molar-refractivity contribution < 1.29 is 9.90 Å². The van der Waals surface area contributed by atoms with Crippen LogP contribution in [-0.2, 0) is 23.2 Å². The number of aromatic nitrogens is 2. The number of H-pyrrole nitrogens is 2. The fourth-order valence-electron chi connectivity index (χ4n) is 7.19. The summed E-state index contributed by atoms with van der Waals surface area (Å²) in [4.78, 5) is 31.4. The van der Waals surface area contributed by atoms with Gasteiger partial charge in [0.25, 0.3) is 0 Å². The first-order valence-corrected chi connectivity index (χ1v) is 15.5. The Labute approximate surface area is 250 Å². The molecule has 0 radical (unpaired) electrons. The molecular formula is C36H46N4O2. The zero-order chi connectivity index (χ0) is 30.9. The van der Waals surface area contributed by atoms with Crippen molar-refractivity contribution in [1.29, 1.82) is 0 Å². The Bertz CT molecular complexity index is 1590. The highest BCUT2D eigenvalue weighted by Gasteiger charge is 2.48. The molecule has 0 atom stereocenters. The lowest BCUT2D eigenvalue weighted by Crippen LogP contribution is -2.43. The number of allylic oxidation sites excluding steroid dienone is 4. The van der Waals surface area contributed by atoms with Gasteiger partial charge in [0.05, 0.1) is 22.8 Å². The minimum atomic E-state index is -1.33. The summed E-state index contributed by atoms with van der Waals surface area (Å²) < 4.78 is 0. The van der Waals surface area contributed by atoms with Crippen LogP contribution in [0.2, 0.25) is 0 Å². The number of fused-ring (bicyclic) bond motifs is 6. The zero-order valence-electron chi connectivity index (χ0n) is 27.2. The number of carbonyl (C=O) groups is 1. The molecule has 0 aromatic carbocycles. The molecule has 0 amide bonds. The number of carbonyl (C=O) groups excluding carboxylic acids is 1. The Balaban J connectivity index is 1.94. The Kier molecular flexibility index (Phi) is 7.38. The maximum atomic E-state index is 14.2. The normalized spacial score (nSPS) is 23.3. The number of rotatable bonds is 4. The fourth-order valence-corrected chi connectivity index (χ4v) is 7.19. The largest absolute Gasteiger partial charge is 0.377 e. The number of nitrogens with one attached hydrogen (secondary N) is 2. The van der Waals surface area contributed by atoms with E-state index in [2.05, 4.69) is 98.3 Å². The summed E-state index contributed by atoms with van der Waals surface area (Å²) in [5.74, 6) is -0.110. The van der Waals surface area contributed by atoms with Gasteiger partial charge < -0.3 is 15.1 Å². The third-order valence-corrected chi connectivity index (χ3v) is 9.75. The van der Waals surface area contributed by atoms with Crippen molar-refractivity contribution in [3.8, 4) is 0 Å². The van der Waals surface area contributed by atoms with Crippen LogP contribution in [0.5, 0.6) is 0 Å². The number of Topliss-reactive ketones (excluding diaryl/α,β-unsaturated/α-hetero) is 1. The SMILES string of the molecule is CCC1=C(C)/C2=C/c3[nH]c(c(C)c3CC)C(O)(C(C)(C)C)c3[nH]c(c(CC)c3C)/C=C3\N=C(C(=O)C1=N2)C(CC)=C3C. The second kappa shape index (κ2) is 10.3. The molecule has 5 heterocycles. The van der Waals surface area contributed by atoms with E-state index >= 15 is 0 Å². The molecule has 0 aliphatic carbocycles. The van der Waals surface area contributed by atoms with Gasteiger partial charge >= 0.3 is 0 Å². The second-order valence-electron chi connectivity index (χ2n) is 12.9. The van der Waals surface area contributed by atoms with Gasteiger partial charge in [0.1, 0.15) is 17.0 Å². The van der Waals surface area contributed by atoms with Crippen LogP contribution in [0, 0.1) is 19.3 Å². The molecule has 5 rings (SSSR count). The number of hydrogen-bond donors (Lipinski definition) is 3. The Morgan fingerprint density at radius 1 is 0.714 bits per heavy atom. The number of aliphatic imine (C=N–C) groups is 2. The summed E-state index contributed by atoms with van der Waals surface area (Å²) in [5, 5.41) is 13.0. The lowest BCUT2D eigenvalue weighted by Gasteiger charge is -2.40. The molecule has 2 aromatic heterocycles. The van der Waals surface area contributed by atoms with Crippen molar-refractivity contribution in [3.05, 3.63) is 78.7 Å². The number of nitrogens with zero attached hydrogens (tertiary/aromatic N) is 2. The van der Waals surface area contributed by atoms with Crippen molar-refractivity contribution in [1.82, 2.24) is 9.97 Å². The van der Waals surface area contributed by atoms with Gasteiger partial charge in [-0.15, -0.1) is 0 Å². The van der Waals surface area contributed by atoms with E-state index in [1.54, 1.807) is 0 Å². The topological polar surface area (TPSA) is 93.6 Å². The standard InChI is InChI=1S/C36H46N4O2/c1-12-22-20(7)33-36(42,35(9,10)11)34-21(8)23(13-2)29(40-34)17-27-19(6)25(15-4)31(38-27)32(41)30-24(14-3)18(5)26(37-30)16-28(22)39-33/h16-17,39-40,42H,12-15H2,1-11H3/b26-16-,27-17-. The molecule has 6 heteroatoms. The van der Waals surface area contributed by atoms with Gasteiger partial charge in [-0.2, -0.15) is 0 Å². The van der Waals surface area contributed by atoms with Crippen LogP contribution < -0.4 is 0 Å². The van der Waals surface area contributed by atoms with Crippen LogP contribution in [0.25, 0.3) is 12.2 Å². The molecule has 0 spiro atoms. The molecule has 3 aliphatic heterocycles. The van der Waals surface area contributed by atoms with Crippen LogP contribution in [0.3, 0.4) is 0 Å². The Hall–Kier alpha value is -3.51. The summed E-state index contributed by atoms with van der Waals surface area (Å²) in [6.45, 7) is 23.0. The van der Waals surface area contributed by atoms with E-state index < -0.39 is 11.0 Å². The molecule has 222 valence electrons. The number of ketones is 1. The summed E-state index contributed by atoms with van der Waals surface area (Å²) in [5.41, 5.74) is 12.4. The van der Waals surface area contributed by atoms with E-state index in [-0.39, 0.29) is 5.78 Å². The maximum absolute atomic E-state index is 14.2. The van der Waals surface area contributed by atoms with Crippen molar-refractivity contribution in [2.24, 2.45) is 15.4 Å². The lowest BCUT2D eigenvalue weighted by atomic mass is 9.70. The fraction of sp³-hybridized carbons (Fsp3) is 0.472. The average molecular weight is 567 g/mol. The third kappa shape index (κ3) is 4.13. The molecule has 0 unspecified atom stereocenters. The van der Waals surface area contributed by atoms with Crippen LogP contribution in [0.4, 0.5) is 0 Å². The summed E-state index contributed by atoms with van der Waals surface area (Å²) >= 11 is 0. The molecule has 6 nitrogen and oxygen atoms in total. The first-order chi connectivity index (χ1) is 19.7. The molecule has 3 N–H and O–H groups in total. The number of aliphatic hydroxyl groups is 1. The summed E-state index contributed by atoms with van der Waals surface area (Å²) in [7, 11) is 0. The maximum Gasteiger partial charge on any atom is 0.230 e. The molecule has 0 saturated carbocycles. The predicted molar refractivity (Wildman–Crippen MR) is 174 cm³/mol. The van der Waals surface area contributed by atoms with Gasteiger partial charge in [0.2, 0.25) is 5.78 Å². The van der Waals surface area contributed by atoms with E-state index in [1.807, 2.05) is 0 Å². The number of hydrogen-bond acceptors (Lipinski definition) is 4. The molecule has 0 fully saturated rings. The molecule has 3 aliphatic rings. The first kappa shape index (κ1) is 30.0. The van der Waals surface area contributed by atoms with Gasteiger partial charge in [-0.1, -0.05) is 48.5 Å². The van der Waals surface area contributed by atoms with Gasteiger partial charge in [-0.3, -0.25) is 4.79 Å². The van der Waals surface area contributed by atoms with Crippen LogP contribution >= 0.6 is 0 Å². The highest BCUT2D eigenvalue weighted by atomic mass is 16.3. The molecule has 0 saturated heterocycles. The van der Waals surface area contributed by atoms with Crippen molar-refractivity contribution in [2.75, 3.05) is 0 Å². The van der Waals surface area contributed by atoms with E-state index in [4.69, 9.17) is 9.98 Å². The van der Waals surface area contributed by atoms with E-state index in [0.29, 0.717) is 24.3 Å². The van der Waals surface area contributed by atoms with Gasteiger partial charge in [-0.05, 0) is 110 Å². The first-order valence-electron chi connectivity index (χ1n) is 15.5. The van der Waals surface area contributed by atoms with Crippen LogP contribution in [0.15, 0.2) is 43.7 Å². The Morgan fingerprint density at radius 2 is 1.10 bits per heavy atom. The molecular weight excluding hydrogens is 520 g/mol. The smallest absolute Gasteiger partial charge is 0.230 e. The van der Waals surface area contributed by atoms with Crippen LogP contribution in [0.1, 0.15) is 120 Å². The lowest BCUT2D eigenvalue weighted by molar-refractivity contribution is -0.107. The van der Waals surface area contributed by atoms with Gasteiger partial charge in [0.15, 0.2) is 0 Å². The third-order valence-electron chi connectivity index (χ3n) is 9.75. The minimum absolute atomic E-state index is 0.110. The summed E-state index contributed by atoms with van der Waals surface area (Å²) in [6, 6.07) is 0. The molecule has 42 heavy (non-hydrogen) atoms.